The van der Waals surface area contributed by atoms with Crippen LogP contribution in [0.25, 0.3) is 0 Å². The van der Waals surface area contributed by atoms with E-state index in [1.165, 1.54) is 0 Å². The first-order chi connectivity index (χ1) is 9.62. The molecule has 7 nitrogen and oxygen atoms in total. The summed E-state index contributed by atoms with van der Waals surface area (Å²) in [6.07, 6.45) is -0.0320. The molecule has 0 bridgehead atoms. The number of hydrogen-bond donors (Lipinski definition) is 2. The highest BCUT2D eigenvalue weighted by Gasteiger charge is 2.27. The summed E-state index contributed by atoms with van der Waals surface area (Å²) in [6, 6.07) is 2.58. The molecule has 114 valence electrons. The van der Waals surface area contributed by atoms with Crippen LogP contribution < -0.4 is 5.32 Å². The molecule has 2 N–H and O–H groups in total. The first-order valence-electron chi connectivity index (χ1n) is 6.10. The summed E-state index contributed by atoms with van der Waals surface area (Å²) < 4.78 is 13.2. The van der Waals surface area contributed by atoms with Gasteiger partial charge in [0.05, 0.1) is 4.92 Å². The summed E-state index contributed by atoms with van der Waals surface area (Å²) in [5.74, 6) is -2.61. The Morgan fingerprint density at radius 2 is 2.05 bits per heavy atom. The summed E-state index contributed by atoms with van der Waals surface area (Å²) in [6.45, 7) is 3.16. The van der Waals surface area contributed by atoms with E-state index in [-0.39, 0.29) is 12.8 Å². The predicted octanol–water partition coefficient (Wildman–Crippen LogP) is 2.11. The summed E-state index contributed by atoms with van der Waals surface area (Å²) >= 11 is 0. The number of nitro benzene ring substituents is 1. The molecule has 0 aliphatic carbocycles. The van der Waals surface area contributed by atoms with Gasteiger partial charge < -0.3 is 10.4 Å². The van der Waals surface area contributed by atoms with E-state index >= 15 is 0 Å². The second-order valence-corrected chi connectivity index (χ2v) is 5.15. The molecule has 8 heteroatoms. The topological polar surface area (TPSA) is 110 Å². The molecule has 0 aliphatic heterocycles. The molecule has 0 heterocycles. The van der Waals surface area contributed by atoms with Gasteiger partial charge in [-0.15, -0.1) is 0 Å². The quantitative estimate of drug-likeness (QED) is 0.617. The molecule has 1 aromatic carbocycles. The van der Waals surface area contributed by atoms with E-state index < -0.39 is 39.4 Å². The number of benzene rings is 1. The molecule has 1 aromatic rings. The lowest BCUT2D eigenvalue weighted by Crippen LogP contribution is -2.43. The minimum absolute atomic E-state index is 0.136. The minimum Gasteiger partial charge on any atom is -0.481 e. The zero-order valence-corrected chi connectivity index (χ0v) is 11.6. The maximum atomic E-state index is 13.2. The second kappa shape index (κ2) is 6.29. The summed E-state index contributed by atoms with van der Waals surface area (Å²) in [7, 11) is 0. The molecule has 0 unspecified atom stereocenters. The molecule has 21 heavy (non-hydrogen) atoms. The lowest BCUT2D eigenvalue weighted by atomic mass is 9.97. The van der Waals surface area contributed by atoms with Crippen LogP contribution in [-0.2, 0) is 4.79 Å². The van der Waals surface area contributed by atoms with Gasteiger partial charge in [-0.25, -0.2) is 4.39 Å². The number of nitrogens with zero attached hydrogens (tertiary/aromatic N) is 1. The molecule has 1 rings (SSSR count). The molecule has 0 spiro atoms. The number of halogens is 1. The highest BCUT2D eigenvalue weighted by atomic mass is 19.1. The number of carbonyl (C=O) groups is 2. The molecule has 0 saturated heterocycles. The highest BCUT2D eigenvalue weighted by molar-refractivity contribution is 5.98. The van der Waals surface area contributed by atoms with Gasteiger partial charge in [-0.05, 0) is 32.4 Å². The number of rotatable bonds is 6. The normalized spacial score (nSPS) is 11.0. The van der Waals surface area contributed by atoms with Gasteiger partial charge in [-0.3, -0.25) is 19.7 Å². The van der Waals surface area contributed by atoms with E-state index in [4.69, 9.17) is 5.11 Å². The van der Waals surface area contributed by atoms with Gasteiger partial charge in [-0.2, -0.15) is 0 Å². The Morgan fingerprint density at radius 3 is 2.57 bits per heavy atom. The molecule has 1 amide bonds. The first-order valence-corrected chi connectivity index (χ1v) is 6.10. The third-order valence-electron chi connectivity index (χ3n) is 2.82. The van der Waals surface area contributed by atoms with E-state index in [1.54, 1.807) is 13.8 Å². The number of carbonyl (C=O) groups excluding carboxylic acids is 1. The minimum atomic E-state index is -1.02. The maximum absolute atomic E-state index is 13.2. The number of carboxylic acid groups (broad SMARTS) is 1. The van der Waals surface area contributed by atoms with E-state index in [2.05, 4.69) is 5.32 Å². The van der Waals surface area contributed by atoms with Crippen LogP contribution >= 0.6 is 0 Å². The van der Waals surface area contributed by atoms with Gasteiger partial charge in [0.15, 0.2) is 0 Å². The van der Waals surface area contributed by atoms with Gasteiger partial charge in [0.1, 0.15) is 11.4 Å². The molecule has 0 atom stereocenters. The Labute approximate surface area is 119 Å². The third kappa shape index (κ3) is 4.83. The first kappa shape index (κ1) is 16.5. The lowest BCUT2D eigenvalue weighted by Gasteiger charge is -2.25. The van der Waals surface area contributed by atoms with Crippen molar-refractivity contribution in [1.29, 1.82) is 0 Å². The number of amides is 1. The number of carboxylic acids is 1. The lowest BCUT2D eigenvalue weighted by molar-refractivity contribution is -0.385. The zero-order chi connectivity index (χ0) is 16.2. The largest absolute Gasteiger partial charge is 0.481 e. The van der Waals surface area contributed by atoms with E-state index in [0.29, 0.717) is 0 Å². The zero-order valence-electron chi connectivity index (χ0n) is 11.6. The van der Waals surface area contributed by atoms with Crippen LogP contribution in [0, 0.1) is 15.9 Å². The average molecular weight is 298 g/mol. The van der Waals surface area contributed by atoms with Crippen LogP contribution in [0.4, 0.5) is 10.1 Å². The number of nitro groups is 1. The van der Waals surface area contributed by atoms with Gasteiger partial charge in [0.2, 0.25) is 0 Å². The fourth-order valence-electron chi connectivity index (χ4n) is 1.71. The molecule has 0 aromatic heterocycles. The fourth-order valence-corrected chi connectivity index (χ4v) is 1.71. The molecule has 0 radical (unpaired) electrons. The molecule has 0 fully saturated rings. The molecule has 0 saturated carbocycles. The van der Waals surface area contributed by atoms with Crippen molar-refractivity contribution in [1.82, 2.24) is 5.32 Å². The van der Waals surface area contributed by atoms with Gasteiger partial charge >= 0.3 is 5.97 Å². The van der Waals surface area contributed by atoms with Crippen molar-refractivity contribution in [3.8, 4) is 0 Å². The van der Waals surface area contributed by atoms with Crippen LogP contribution in [0.1, 0.15) is 37.0 Å². The van der Waals surface area contributed by atoms with Crippen molar-refractivity contribution in [2.45, 2.75) is 32.2 Å². The Kier molecular flexibility index (Phi) is 4.96. The molecule has 0 aliphatic rings. The Hall–Kier alpha value is -2.51. The molecular weight excluding hydrogens is 283 g/mol. The van der Waals surface area contributed by atoms with Crippen LogP contribution in [0.5, 0.6) is 0 Å². The van der Waals surface area contributed by atoms with Crippen molar-refractivity contribution in [2.24, 2.45) is 0 Å². The monoisotopic (exact) mass is 298 g/mol. The van der Waals surface area contributed by atoms with Crippen molar-refractivity contribution >= 4 is 17.6 Å². The third-order valence-corrected chi connectivity index (χ3v) is 2.82. The Balaban J connectivity index is 2.96. The van der Waals surface area contributed by atoms with Crippen LogP contribution in [0.15, 0.2) is 18.2 Å². The highest BCUT2D eigenvalue weighted by Crippen LogP contribution is 2.21. The van der Waals surface area contributed by atoms with Crippen molar-refractivity contribution in [3.05, 3.63) is 39.7 Å². The van der Waals surface area contributed by atoms with Crippen molar-refractivity contribution in [2.75, 3.05) is 0 Å². The van der Waals surface area contributed by atoms with Crippen LogP contribution in [-0.4, -0.2) is 27.4 Å². The van der Waals surface area contributed by atoms with E-state index in [1.807, 2.05) is 0 Å². The number of nitrogens with one attached hydrogen (secondary N) is 1. The Bertz CT molecular complexity index is 586. The number of hydrogen-bond acceptors (Lipinski definition) is 4. The second-order valence-electron chi connectivity index (χ2n) is 5.15. The van der Waals surface area contributed by atoms with Gasteiger partial charge in [-0.1, -0.05) is 0 Å². The Morgan fingerprint density at radius 1 is 1.43 bits per heavy atom. The smallest absolute Gasteiger partial charge is 0.303 e. The predicted molar refractivity (Wildman–Crippen MR) is 71.5 cm³/mol. The standard InChI is InChI=1S/C13H15FN2O5/c1-13(2,6-5-11(17)18)15-12(19)9-7-8(14)3-4-10(9)16(20)21/h3-4,7H,5-6H2,1-2H3,(H,15,19)(H,17,18). The van der Waals surface area contributed by atoms with Crippen LogP contribution in [0.3, 0.4) is 0 Å². The van der Waals surface area contributed by atoms with E-state index in [9.17, 15) is 24.1 Å². The van der Waals surface area contributed by atoms with Gasteiger partial charge in [0.25, 0.3) is 11.6 Å². The number of aliphatic carboxylic acids is 1. The van der Waals surface area contributed by atoms with Crippen molar-refractivity contribution in [3.63, 3.8) is 0 Å². The molecular formula is C13H15FN2O5. The fraction of sp³-hybridized carbons (Fsp3) is 0.385. The van der Waals surface area contributed by atoms with Crippen LogP contribution in [0.2, 0.25) is 0 Å². The van der Waals surface area contributed by atoms with E-state index in [0.717, 1.165) is 18.2 Å². The van der Waals surface area contributed by atoms with Crippen molar-refractivity contribution < 1.29 is 24.0 Å². The van der Waals surface area contributed by atoms with Gasteiger partial charge in [0, 0.05) is 18.0 Å². The average Bonchev–Trinajstić information content (AvgIpc) is 2.35. The maximum Gasteiger partial charge on any atom is 0.303 e. The summed E-state index contributed by atoms with van der Waals surface area (Å²) in [5.41, 5.74) is -1.80. The summed E-state index contributed by atoms with van der Waals surface area (Å²) in [5, 5.41) is 22.0. The summed E-state index contributed by atoms with van der Waals surface area (Å²) in [4.78, 5) is 32.7. The SMILES string of the molecule is CC(C)(CCC(=O)O)NC(=O)c1cc(F)ccc1[N+](=O)[O-].